The number of carbonyl (C=O) groups excluding carboxylic acids is 2. The van der Waals surface area contributed by atoms with Crippen LogP contribution in [0.3, 0.4) is 0 Å². The largest absolute Gasteiger partial charge is 0.495 e. The van der Waals surface area contributed by atoms with Crippen LogP contribution in [-0.4, -0.2) is 25.5 Å². The van der Waals surface area contributed by atoms with E-state index in [9.17, 15) is 18.4 Å². The molecule has 0 saturated carbocycles. The molecule has 144 valence electrons. The lowest BCUT2D eigenvalue weighted by Crippen LogP contribution is -2.32. The van der Waals surface area contributed by atoms with Gasteiger partial charge in [0, 0.05) is 37.0 Å². The number of hydrogen-bond acceptors (Lipinski definition) is 3. The molecule has 0 atom stereocenters. The van der Waals surface area contributed by atoms with E-state index in [1.54, 1.807) is 19.1 Å². The summed E-state index contributed by atoms with van der Waals surface area (Å²) in [6, 6.07) is 6.15. The van der Waals surface area contributed by atoms with Crippen LogP contribution in [0.4, 0.5) is 20.2 Å². The zero-order valence-corrected chi connectivity index (χ0v) is 15.9. The zero-order valence-electron chi connectivity index (χ0n) is 15.1. The van der Waals surface area contributed by atoms with E-state index in [0.29, 0.717) is 22.5 Å². The zero-order chi connectivity index (χ0) is 20.1. The Balaban J connectivity index is 2.14. The normalized spacial score (nSPS) is 10.4. The van der Waals surface area contributed by atoms with Crippen LogP contribution < -0.4 is 15.0 Å². The number of benzene rings is 2. The van der Waals surface area contributed by atoms with Gasteiger partial charge in [-0.1, -0.05) is 11.6 Å². The molecule has 0 unspecified atom stereocenters. The van der Waals surface area contributed by atoms with Crippen LogP contribution in [0.2, 0.25) is 5.02 Å². The van der Waals surface area contributed by atoms with Crippen molar-refractivity contribution >= 4 is 34.8 Å². The minimum Gasteiger partial charge on any atom is -0.495 e. The molecule has 2 amide bonds. The Morgan fingerprint density at radius 1 is 1.22 bits per heavy atom. The first kappa shape index (κ1) is 20.6. The van der Waals surface area contributed by atoms with Crippen LogP contribution in [-0.2, 0) is 9.59 Å². The molecule has 1 N–H and O–H groups in total. The van der Waals surface area contributed by atoms with Crippen molar-refractivity contribution < 1.29 is 23.1 Å². The highest BCUT2D eigenvalue weighted by Crippen LogP contribution is 2.34. The van der Waals surface area contributed by atoms with E-state index in [2.05, 4.69) is 5.32 Å². The molecule has 0 aliphatic rings. The van der Waals surface area contributed by atoms with Crippen molar-refractivity contribution in [3.8, 4) is 5.75 Å². The fraction of sp³-hybridized carbons (Fsp3) is 0.263. The third-order valence-electron chi connectivity index (χ3n) is 3.90. The molecule has 27 heavy (non-hydrogen) atoms. The quantitative estimate of drug-likeness (QED) is 0.791. The number of nitrogens with zero attached hydrogens (tertiary/aromatic N) is 1. The van der Waals surface area contributed by atoms with Gasteiger partial charge in [-0.15, -0.1) is 0 Å². The molecule has 0 aliphatic carbocycles. The van der Waals surface area contributed by atoms with Crippen molar-refractivity contribution in [3.05, 3.63) is 52.6 Å². The summed E-state index contributed by atoms with van der Waals surface area (Å²) in [5.41, 5.74) is 1.10. The lowest BCUT2D eigenvalue weighted by atomic mass is 10.1. The van der Waals surface area contributed by atoms with Gasteiger partial charge in [0.2, 0.25) is 11.8 Å². The first-order valence-corrected chi connectivity index (χ1v) is 8.48. The first-order valence-electron chi connectivity index (χ1n) is 8.10. The van der Waals surface area contributed by atoms with Crippen molar-refractivity contribution in [3.63, 3.8) is 0 Å². The van der Waals surface area contributed by atoms with Gasteiger partial charge in [-0.2, -0.15) is 0 Å². The van der Waals surface area contributed by atoms with Gasteiger partial charge < -0.3 is 15.0 Å². The van der Waals surface area contributed by atoms with Gasteiger partial charge in [0.15, 0.2) is 0 Å². The monoisotopic (exact) mass is 396 g/mol. The molecule has 0 aliphatic heterocycles. The number of amides is 2. The number of hydrogen-bond donors (Lipinski definition) is 1. The second-order valence-electron chi connectivity index (χ2n) is 5.87. The highest BCUT2D eigenvalue weighted by molar-refractivity contribution is 6.31. The second-order valence-corrected chi connectivity index (χ2v) is 6.27. The minimum atomic E-state index is -0.873. The number of methoxy groups -OCH3 is 1. The Bertz CT molecular complexity index is 874. The van der Waals surface area contributed by atoms with Gasteiger partial charge >= 0.3 is 0 Å². The number of rotatable bonds is 6. The average Bonchev–Trinajstić information content (AvgIpc) is 2.60. The maximum Gasteiger partial charge on any atom is 0.226 e. The van der Waals surface area contributed by atoms with Crippen molar-refractivity contribution in [2.75, 3.05) is 23.9 Å². The smallest absolute Gasteiger partial charge is 0.226 e. The van der Waals surface area contributed by atoms with Crippen LogP contribution in [0.5, 0.6) is 5.75 Å². The Kier molecular flexibility index (Phi) is 6.74. The fourth-order valence-corrected chi connectivity index (χ4v) is 2.64. The molecule has 0 bridgehead atoms. The van der Waals surface area contributed by atoms with Gasteiger partial charge in [0.05, 0.1) is 18.5 Å². The molecule has 0 spiro atoms. The highest BCUT2D eigenvalue weighted by Gasteiger charge is 2.19. The molecule has 5 nitrogen and oxygen atoms in total. The molecule has 2 aromatic carbocycles. The standard InChI is InChI=1S/C19H19ClF2N2O3/c1-11-8-17(18(27-3)10-14(11)20)24(12(2)25)7-6-19(26)23-16-5-4-13(21)9-15(16)22/h4-5,8-10H,6-7H2,1-3H3,(H,23,26). The SMILES string of the molecule is COc1cc(Cl)c(C)cc1N(CCC(=O)Nc1ccc(F)cc1F)C(C)=O. The molecule has 8 heteroatoms. The first-order chi connectivity index (χ1) is 12.7. The summed E-state index contributed by atoms with van der Waals surface area (Å²) >= 11 is 6.08. The second kappa shape index (κ2) is 8.81. The van der Waals surface area contributed by atoms with Crippen LogP contribution >= 0.6 is 11.6 Å². The van der Waals surface area contributed by atoms with Crippen LogP contribution in [0, 0.1) is 18.6 Å². The van der Waals surface area contributed by atoms with Gasteiger partial charge in [0.25, 0.3) is 0 Å². The molecular formula is C19H19ClF2N2O3. The third-order valence-corrected chi connectivity index (χ3v) is 4.31. The van der Waals surface area contributed by atoms with E-state index < -0.39 is 17.5 Å². The lowest BCUT2D eigenvalue weighted by molar-refractivity contribution is -0.117. The molecule has 2 rings (SSSR count). The van der Waals surface area contributed by atoms with Gasteiger partial charge in [-0.25, -0.2) is 8.78 Å². The van der Waals surface area contributed by atoms with Crippen LogP contribution in [0.25, 0.3) is 0 Å². The fourth-order valence-electron chi connectivity index (χ4n) is 2.49. The maximum absolute atomic E-state index is 13.6. The van der Waals surface area contributed by atoms with E-state index >= 15 is 0 Å². The van der Waals surface area contributed by atoms with Crippen LogP contribution in [0.15, 0.2) is 30.3 Å². The Morgan fingerprint density at radius 3 is 2.52 bits per heavy atom. The van der Waals surface area contributed by atoms with Crippen molar-refractivity contribution in [1.29, 1.82) is 0 Å². The number of anilines is 2. The Hall–Kier alpha value is -2.67. The Labute approximate surface area is 160 Å². The molecule has 0 heterocycles. The summed E-state index contributed by atoms with van der Waals surface area (Å²) < 4.78 is 31.8. The van der Waals surface area contributed by atoms with Gasteiger partial charge in [-0.05, 0) is 30.7 Å². The molecular weight excluding hydrogens is 378 g/mol. The number of aryl methyl sites for hydroxylation is 1. The van der Waals surface area contributed by atoms with Gasteiger partial charge in [0.1, 0.15) is 17.4 Å². The van der Waals surface area contributed by atoms with E-state index in [0.717, 1.165) is 17.7 Å². The lowest BCUT2D eigenvalue weighted by Gasteiger charge is -2.24. The predicted octanol–water partition coefficient (Wildman–Crippen LogP) is 4.32. The van der Waals surface area contributed by atoms with Crippen molar-refractivity contribution in [1.82, 2.24) is 0 Å². The van der Waals surface area contributed by atoms with Gasteiger partial charge in [-0.3, -0.25) is 9.59 Å². The maximum atomic E-state index is 13.6. The van der Waals surface area contributed by atoms with E-state index in [-0.39, 0.29) is 24.6 Å². The Morgan fingerprint density at radius 2 is 1.93 bits per heavy atom. The summed E-state index contributed by atoms with van der Waals surface area (Å²) in [5.74, 6) is -2.03. The number of nitrogens with one attached hydrogen (secondary N) is 1. The van der Waals surface area contributed by atoms with Crippen molar-refractivity contribution in [2.45, 2.75) is 20.3 Å². The highest BCUT2D eigenvalue weighted by atomic mass is 35.5. The topological polar surface area (TPSA) is 58.6 Å². The van der Waals surface area contributed by atoms with E-state index in [1.807, 2.05) is 0 Å². The summed E-state index contributed by atoms with van der Waals surface area (Å²) in [5, 5.41) is 2.85. The molecule has 0 aromatic heterocycles. The number of carbonyl (C=O) groups is 2. The molecule has 0 saturated heterocycles. The molecule has 0 radical (unpaired) electrons. The van der Waals surface area contributed by atoms with Crippen molar-refractivity contribution in [2.24, 2.45) is 0 Å². The summed E-state index contributed by atoms with van der Waals surface area (Å²) in [6.45, 7) is 3.19. The van der Waals surface area contributed by atoms with E-state index in [1.165, 1.54) is 18.9 Å². The van der Waals surface area contributed by atoms with Crippen LogP contribution in [0.1, 0.15) is 18.9 Å². The summed E-state index contributed by atoms with van der Waals surface area (Å²) in [4.78, 5) is 25.6. The molecule has 2 aromatic rings. The summed E-state index contributed by atoms with van der Waals surface area (Å²) in [7, 11) is 1.45. The summed E-state index contributed by atoms with van der Waals surface area (Å²) in [6.07, 6.45) is -0.0960. The minimum absolute atomic E-state index is 0.0431. The molecule has 0 fully saturated rings. The number of halogens is 3. The number of ether oxygens (including phenoxy) is 1. The average molecular weight is 397 g/mol. The van der Waals surface area contributed by atoms with E-state index in [4.69, 9.17) is 16.3 Å². The third kappa shape index (κ3) is 5.17. The predicted molar refractivity (Wildman–Crippen MR) is 100 cm³/mol.